The Labute approximate surface area is 152 Å². The zero-order valence-electron chi connectivity index (χ0n) is 14.7. The largest absolute Gasteiger partial charge is 0.481 e. The summed E-state index contributed by atoms with van der Waals surface area (Å²) in [5.41, 5.74) is 1.85. The molecule has 0 spiro atoms. The van der Waals surface area contributed by atoms with Crippen LogP contribution in [0.2, 0.25) is 0 Å². The summed E-state index contributed by atoms with van der Waals surface area (Å²) in [6.45, 7) is 2.80. The van der Waals surface area contributed by atoms with Gasteiger partial charge < -0.3 is 15.4 Å². The van der Waals surface area contributed by atoms with Crippen molar-refractivity contribution in [3.05, 3.63) is 59.5 Å². The minimum Gasteiger partial charge on any atom is -0.481 e. The lowest BCUT2D eigenvalue weighted by Gasteiger charge is -2.17. The molecule has 1 aliphatic rings. The lowest BCUT2D eigenvalue weighted by Crippen LogP contribution is -2.43. The van der Waals surface area contributed by atoms with E-state index in [4.69, 9.17) is 4.74 Å². The molecule has 0 aliphatic carbocycles. The maximum absolute atomic E-state index is 13.1. The van der Waals surface area contributed by atoms with Gasteiger partial charge in [0, 0.05) is 44.5 Å². The smallest absolute Gasteiger partial charge is 0.315 e. The molecule has 6 nitrogen and oxygen atoms in total. The summed E-state index contributed by atoms with van der Waals surface area (Å²) < 4.78 is 18.2. The van der Waals surface area contributed by atoms with Gasteiger partial charge in [-0.15, -0.1) is 0 Å². The Morgan fingerprint density at radius 3 is 2.96 bits per heavy atom. The second-order valence-corrected chi connectivity index (χ2v) is 6.39. The van der Waals surface area contributed by atoms with Gasteiger partial charge >= 0.3 is 6.03 Å². The quantitative estimate of drug-likeness (QED) is 0.832. The van der Waals surface area contributed by atoms with Crippen LogP contribution in [0.1, 0.15) is 17.5 Å². The van der Waals surface area contributed by atoms with Crippen LogP contribution in [0.4, 0.5) is 9.18 Å². The Hall–Kier alpha value is -2.67. The monoisotopic (exact) mass is 358 g/mol. The van der Waals surface area contributed by atoms with Crippen molar-refractivity contribution < 1.29 is 13.9 Å². The molecule has 0 saturated carbocycles. The van der Waals surface area contributed by atoms with E-state index in [1.54, 1.807) is 19.2 Å². The Morgan fingerprint density at radius 2 is 2.23 bits per heavy atom. The number of methoxy groups -OCH3 is 1. The van der Waals surface area contributed by atoms with Crippen molar-refractivity contribution in [1.82, 2.24) is 20.5 Å². The average Bonchev–Trinajstić information content (AvgIpc) is 3.07. The molecule has 7 heteroatoms. The molecule has 2 N–H and O–H groups in total. The molecule has 1 aromatic heterocycles. The fourth-order valence-electron chi connectivity index (χ4n) is 3.04. The predicted octanol–water partition coefficient (Wildman–Crippen LogP) is 2.30. The van der Waals surface area contributed by atoms with Crippen molar-refractivity contribution in [2.75, 3.05) is 20.2 Å². The first-order chi connectivity index (χ1) is 12.6. The molecule has 1 atom stereocenters. The number of aromatic nitrogens is 1. The average molecular weight is 358 g/mol. The highest BCUT2D eigenvalue weighted by Gasteiger charge is 2.23. The lowest BCUT2D eigenvalue weighted by atomic mass is 10.2. The molecule has 0 bridgehead atoms. The molecule has 2 aromatic rings. The maximum Gasteiger partial charge on any atom is 0.315 e. The zero-order chi connectivity index (χ0) is 18.4. The van der Waals surface area contributed by atoms with Crippen LogP contribution in [0.5, 0.6) is 5.88 Å². The molecule has 1 saturated heterocycles. The number of hydrogen-bond acceptors (Lipinski definition) is 4. The van der Waals surface area contributed by atoms with E-state index in [-0.39, 0.29) is 17.9 Å². The summed E-state index contributed by atoms with van der Waals surface area (Å²) in [7, 11) is 1.60. The number of carbonyl (C=O) groups is 1. The molecule has 3 rings (SSSR count). The second-order valence-electron chi connectivity index (χ2n) is 6.39. The fraction of sp³-hybridized carbons (Fsp3) is 0.368. The van der Waals surface area contributed by atoms with Crippen LogP contribution in [-0.2, 0) is 13.1 Å². The van der Waals surface area contributed by atoms with Crippen LogP contribution in [0.25, 0.3) is 0 Å². The Kier molecular flexibility index (Phi) is 6.01. The van der Waals surface area contributed by atoms with Gasteiger partial charge in [-0.1, -0.05) is 18.2 Å². The first-order valence-corrected chi connectivity index (χ1v) is 8.62. The molecular formula is C19H23FN4O2. The van der Waals surface area contributed by atoms with E-state index in [0.29, 0.717) is 12.4 Å². The summed E-state index contributed by atoms with van der Waals surface area (Å²) in [5.74, 6) is 0.300. The van der Waals surface area contributed by atoms with Gasteiger partial charge in [0.15, 0.2) is 0 Å². The zero-order valence-corrected chi connectivity index (χ0v) is 14.7. The number of hydrogen-bond donors (Lipinski definition) is 2. The normalized spacial score (nSPS) is 17.1. The number of likely N-dealkylation sites (tertiary alicyclic amines) is 1. The molecule has 1 fully saturated rings. The van der Waals surface area contributed by atoms with Crippen molar-refractivity contribution in [2.24, 2.45) is 0 Å². The number of amides is 2. The van der Waals surface area contributed by atoms with Crippen LogP contribution >= 0.6 is 0 Å². The molecule has 2 amide bonds. The number of urea groups is 1. The molecule has 1 unspecified atom stereocenters. The fourth-order valence-corrected chi connectivity index (χ4v) is 3.04. The van der Waals surface area contributed by atoms with E-state index < -0.39 is 0 Å². The van der Waals surface area contributed by atoms with E-state index in [2.05, 4.69) is 20.5 Å². The first kappa shape index (κ1) is 18.1. The topological polar surface area (TPSA) is 66.5 Å². The number of ether oxygens (including phenoxy) is 1. The van der Waals surface area contributed by atoms with Crippen molar-refractivity contribution in [3.63, 3.8) is 0 Å². The van der Waals surface area contributed by atoms with Gasteiger partial charge in [0.05, 0.1) is 7.11 Å². The molecule has 1 aromatic carbocycles. The van der Waals surface area contributed by atoms with Crippen LogP contribution in [0.3, 0.4) is 0 Å². The number of nitrogens with one attached hydrogen (secondary N) is 2. The van der Waals surface area contributed by atoms with Gasteiger partial charge in [0.25, 0.3) is 0 Å². The van der Waals surface area contributed by atoms with E-state index in [1.807, 2.05) is 18.3 Å². The summed E-state index contributed by atoms with van der Waals surface area (Å²) in [4.78, 5) is 18.5. The number of rotatable bonds is 6. The second kappa shape index (κ2) is 8.62. The molecular weight excluding hydrogens is 335 g/mol. The van der Waals surface area contributed by atoms with E-state index in [9.17, 15) is 9.18 Å². The summed E-state index contributed by atoms with van der Waals surface area (Å²) >= 11 is 0. The van der Waals surface area contributed by atoms with Crippen molar-refractivity contribution in [1.29, 1.82) is 0 Å². The van der Waals surface area contributed by atoms with Gasteiger partial charge in [-0.2, -0.15) is 0 Å². The molecule has 2 heterocycles. The molecule has 0 radical (unpaired) electrons. The van der Waals surface area contributed by atoms with E-state index in [0.717, 1.165) is 37.2 Å². The standard InChI is InChI=1S/C19H23FN4O2/c1-26-18-6-5-15(11-21-18)12-24-8-7-17(13-24)23-19(25)22-10-14-3-2-4-16(20)9-14/h2-6,9,11,17H,7-8,10,12-13H2,1H3,(H2,22,23,25). The number of halogens is 1. The highest BCUT2D eigenvalue weighted by Crippen LogP contribution is 2.14. The number of nitrogens with zero attached hydrogens (tertiary/aromatic N) is 2. The van der Waals surface area contributed by atoms with Gasteiger partial charge in [0.1, 0.15) is 5.82 Å². The van der Waals surface area contributed by atoms with Crippen LogP contribution in [0.15, 0.2) is 42.6 Å². The SMILES string of the molecule is COc1ccc(CN2CCC(NC(=O)NCc3cccc(F)c3)C2)cn1. The van der Waals surface area contributed by atoms with Crippen molar-refractivity contribution >= 4 is 6.03 Å². The van der Waals surface area contributed by atoms with Gasteiger partial charge in [-0.25, -0.2) is 14.2 Å². The van der Waals surface area contributed by atoms with Gasteiger partial charge in [-0.05, 0) is 29.7 Å². The highest BCUT2D eigenvalue weighted by molar-refractivity contribution is 5.74. The molecule has 26 heavy (non-hydrogen) atoms. The Balaban J connectivity index is 1.41. The minimum atomic E-state index is -0.302. The Morgan fingerprint density at radius 1 is 1.35 bits per heavy atom. The lowest BCUT2D eigenvalue weighted by molar-refractivity contribution is 0.235. The van der Waals surface area contributed by atoms with Gasteiger partial charge in [0.2, 0.25) is 5.88 Å². The van der Waals surface area contributed by atoms with Crippen LogP contribution < -0.4 is 15.4 Å². The molecule has 138 valence electrons. The minimum absolute atomic E-state index is 0.105. The predicted molar refractivity (Wildman–Crippen MR) is 96.2 cm³/mol. The third kappa shape index (κ3) is 5.16. The third-order valence-electron chi connectivity index (χ3n) is 4.36. The van der Waals surface area contributed by atoms with E-state index >= 15 is 0 Å². The summed E-state index contributed by atoms with van der Waals surface area (Å²) in [6.07, 6.45) is 2.71. The number of benzene rings is 1. The number of carbonyl (C=O) groups excluding carboxylic acids is 1. The van der Waals surface area contributed by atoms with Gasteiger partial charge in [-0.3, -0.25) is 4.90 Å². The first-order valence-electron chi connectivity index (χ1n) is 8.62. The van der Waals surface area contributed by atoms with Crippen molar-refractivity contribution in [2.45, 2.75) is 25.6 Å². The van der Waals surface area contributed by atoms with Crippen LogP contribution in [-0.4, -0.2) is 42.2 Å². The third-order valence-corrected chi connectivity index (χ3v) is 4.36. The maximum atomic E-state index is 13.1. The summed E-state index contributed by atoms with van der Waals surface area (Å²) in [6, 6.07) is 9.94. The Bertz CT molecular complexity index is 739. The molecule has 1 aliphatic heterocycles. The summed E-state index contributed by atoms with van der Waals surface area (Å²) in [5, 5.41) is 5.75. The van der Waals surface area contributed by atoms with Crippen LogP contribution in [0, 0.1) is 5.82 Å². The van der Waals surface area contributed by atoms with E-state index in [1.165, 1.54) is 12.1 Å². The number of pyridine rings is 1. The van der Waals surface area contributed by atoms with Crippen molar-refractivity contribution in [3.8, 4) is 5.88 Å². The highest BCUT2D eigenvalue weighted by atomic mass is 19.1.